The largest absolute Gasteiger partial charge is 0.496 e. The predicted octanol–water partition coefficient (Wildman–Crippen LogP) is 3.55. The van der Waals surface area contributed by atoms with Gasteiger partial charge in [-0.25, -0.2) is 8.42 Å². The first-order valence-electron chi connectivity index (χ1n) is 7.99. The van der Waals surface area contributed by atoms with Crippen LogP contribution in [0.3, 0.4) is 0 Å². The van der Waals surface area contributed by atoms with E-state index in [0.717, 1.165) is 17.9 Å². The molecule has 4 nitrogen and oxygen atoms in total. The van der Waals surface area contributed by atoms with E-state index in [1.807, 2.05) is 30.3 Å². The molecular formula is C19H25NO3S. The molecule has 0 aliphatic heterocycles. The van der Waals surface area contributed by atoms with Crippen LogP contribution in [-0.2, 0) is 9.84 Å². The summed E-state index contributed by atoms with van der Waals surface area (Å²) in [7, 11) is -1.46. The lowest BCUT2D eigenvalue weighted by atomic mass is 9.99. The first-order valence-corrected chi connectivity index (χ1v) is 9.88. The second kappa shape index (κ2) is 7.81. The molecule has 24 heavy (non-hydrogen) atoms. The van der Waals surface area contributed by atoms with Gasteiger partial charge in [-0.15, -0.1) is 0 Å². The van der Waals surface area contributed by atoms with Gasteiger partial charge in [0.25, 0.3) is 0 Å². The summed E-state index contributed by atoms with van der Waals surface area (Å²) in [6.45, 7) is 5.03. The zero-order chi connectivity index (χ0) is 17.7. The quantitative estimate of drug-likeness (QED) is 0.832. The SMILES string of the molecule is COc1ccccc1[C@H](C)CN[C@H](C)c1ccc(S(C)(=O)=O)cc1. The van der Waals surface area contributed by atoms with E-state index in [2.05, 4.69) is 25.2 Å². The van der Waals surface area contributed by atoms with Crippen LogP contribution in [0.1, 0.15) is 36.9 Å². The number of para-hydroxylation sites is 1. The lowest BCUT2D eigenvalue weighted by Crippen LogP contribution is -2.23. The molecule has 1 N–H and O–H groups in total. The Morgan fingerprint density at radius 2 is 1.67 bits per heavy atom. The van der Waals surface area contributed by atoms with Gasteiger partial charge in [0.05, 0.1) is 12.0 Å². The maximum atomic E-state index is 11.5. The minimum Gasteiger partial charge on any atom is -0.496 e. The lowest BCUT2D eigenvalue weighted by Gasteiger charge is -2.20. The molecule has 0 saturated carbocycles. The van der Waals surface area contributed by atoms with Gasteiger partial charge in [-0.1, -0.05) is 37.3 Å². The number of benzene rings is 2. The monoisotopic (exact) mass is 347 g/mol. The second-order valence-corrected chi connectivity index (χ2v) is 8.13. The zero-order valence-electron chi connectivity index (χ0n) is 14.6. The molecule has 130 valence electrons. The highest BCUT2D eigenvalue weighted by Gasteiger charge is 2.13. The van der Waals surface area contributed by atoms with Gasteiger partial charge in [-0.05, 0) is 42.2 Å². The molecule has 0 aromatic heterocycles. The van der Waals surface area contributed by atoms with Crippen LogP contribution in [-0.4, -0.2) is 28.3 Å². The molecule has 0 unspecified atom stereocenters. The van der Waals surface area contributed by atoms with E-state index in [9.17, 15) is 8.42 Å². The van der Waals surface area contributed by atoms with Gasteiger partial charge >= 0.3 is 0 Å². The number of methoxy groups -OCH3 is 1. The van der Waals surface area contributed by atoms with Crippen molar-refractivity contribution in [2.45, 2.75) is 30.7 Å². The van der Waals surface area contributed by atoms with Crippen molar-refractivity contribution in [3.63, 3.8) is 0 Å². The number of ether oxygens (including phenoxy) is 1. The highest BCUT2D eigenvalue weighted by Crippen LogP contribution is 2.26. The normalized spacial score (nSPS) is 14.2. The second-order valence-electron chi connectivity index (χ2n) is 6.11. The van der Waals surface area contributed by atoms with Gasteiger partial charge in [-0.2, -0.15) is 0 Å². The molecule has 0 aliphatic rings. The Kier molecular flexibility index (Phi) is 6.02. The van der Waals surface area contributed by atoms with Crippen LogP contribution in [0.4, 0.5) is 0 Å². The molecule has 2 aromatic rings. The fourth-order valence-electron chi connectivity index (χ4n) is 2.66. The predicted molar refractivity (Wildman–Crippen MR) is 97.4 cm³/mol. The van der Waals surface area contributed by atoms with Crippen molar-refractivity contribution >= 4 is 9.84 Å². The minimum absolute atomic E-state index is 0.135. The number of hydrogen-bond donors (Lipinski definition) is 1. The topological polar surface area (TPSA) is 55.4 Å². The minimum atomic E-state index is -3.15. The Bertz CT molecular complexity index is 769. The molecule has 2 aromatic carbocycles. The number of rotatable bonds is 7. The third-order valence-electron chi connectivity index (χ3n) is 4.21. The Morgan fingerprint density at radius 3 is 2.25 bits per heavy atom. The molecule has 0 saturated heterocycles. The van der Waals surface area contributed by atoms with Crippen molar-refractivity contribution in [2.24, 2.45) is 0 Å². The van der Waals surface area contributed by atoms with Crippen LogP contribution < -0.4 is 10.1 Å². The fraction of sp³-hybridized carbons (Fsp3) is 0.368. The smallest absolute Gasteiger partial charge is 0.175 e. The Hall–Kier alpha value is -1.85. The molecule has 2 atom stereocenters. The van der Waals surface area contributed by atoms with Crippen molar-refractivity contribution in [1.82, 2.24) is 5.32 Å². The van der Waals surface area contributed by atoms with Crippen LogP contribution in [0.5, 0.6) is 5.75 Å². The first kappa shape index (κ1) is 18.5. The highest BCUT2D eigenvalue weighted by atomic mass is 32.2. The van der Waals surface area contributed by atoms with E-state index in [-0.39, 0.29) is 6.04 Å². The van der Waals surface area contributed by atoms with Crippen molar-refractivity contribution in [3.8, 4) is 5.75 Å². The zero-order valence-corrected chi connectivity index (χ0v) is 15.4. The van der Waals surface area contributed by atoms with Crippen LogP contribution in [0.15, 0.2) is 53.4 Å². The van der Waals surface area contributed by atoms with Crippen molar-refractivity contribution < 1.29 is 13.2 Å². The summed E-state index contributed by atoms with van der Waals surface area (Å²) in [4.78, 5) is 0.348. The molecule has 5 heteroatoms. The van der Waals surface area contributed by atoms with Crippen LogP contribution in [0.25, 0.3) is 0 Å². The van der Waals surface area contributed by atoms with Gasteiger partial charge in [0, 0.05) is 18.8 Å². The summed E-state index contributed by atoms with van der Waals surface area (Å²) in [6, 6.07) is 15.2. The summed E-state index contributed by atoms with van der Waals surface area (Å²) >= 11 is 0. The Morgan fingerprint density at radius 1 is 1.04 bits per heavy atom. The first-order chi connectivity index (χ1) is 11.3. The summed E-state index contributed by atoms with van der Waals surface area (Å²) in [6.07, 6.45) is 1.22. The van der Waals surface area contributed by atoms with E-state index >= 15 is 0 Å². The molecule has 0 bridgehead atoms. The molecule has 0 radical (unpaired) electrons. The molecule has 0 spiro atoms. The van der Waals surface area contributed by atoms with E-state index in [0.29, 0.717) is 10.8 Å². The van der Waals surface area contributed by atoms with E-state index in [1.165, 1.54) is 11.8 Å². The number of nitrogens with one attached hydrogen (secondary N) is 1. The van der Waals surface area contributed by atoms with Crippen LogP contribution >= 0.6 is 0 Å². The van der Waals surface area contributed by atoms with Gasteiger partial charge in [0.1, 0.15) is 5.75 Å². The molecule has 0 aliphatic carbocycles. The molecule has 0 heterocycles. The average molecular weight is 347 g/mol. The summed E-state index contributed by atoms with van der Waals surface area (Å²) in [5.74, 6) is 1.20. The number of hydrogen-bond acceptors (Lipinski definition) is 4. The van der Waals surface area contributed by atoms with Gasteiger partial charge < -0.3 is 10.1 Å². The third kappa shape index (κ3) is 4.58. The van der Waals surface area contributed by atoms with E-state index < -0.39 is 9.84 Å². The molecule has 0 amide bonds. The van der Waals surface area contributed by atoms with Crippen LogP contribution in [0, 0.1) is 0 Å². The van der Waals surface area contributed by atoms with Gasteiger partial charge in [0.2, 0.25) is 0 Å². The molecule has 0 fully saturated rings. The summed E-state index contributed by atoms with van der Waals surface area (Å²) in [5.41, 5.74) is 2.24. The maximum absolute atomic E-state index is 11.5. The van der Waals surface area contributed by atoms with E-state index in [4.69, 9.17) is 4.74 Å². The van der Waals surface area contributed by atoms with Crippen molar-refractivity contribution in [2.75, 3.05) is 19.9 Å². The average Bonchev–Trinajstić information content (AvgIpc) is 2.58. The molecule has 2 rings (SSSR count). The summed E-state index contributed by atoms with van der Waals surface area (Å²) < 4.78 is 28.5. The Balaban J connectivity index is 2.01. The fourth-order valence-corrected chi connectivity index (χ4v) is 3.29. The van der Waals surface area contributed by atoms with Crippen LogP contribution in [0.2, 0.25) is 0 Å². The van der Waals surface area contributed by atoms with E-state index in [1.54, 1.807) is 19.2 Å². The van der Waals surface area contributed by atoms with Crippen molar-refractivity contribution in [3.05, 3.63) is 59.7 Å². The lowest BCUT2D eigenvalue weighted by molar-refractivity contribution is 0.404. The third-order valence-corrected chi connectivity index (χ3v) is 5.34. The summed E-state index contributed by atoms with van der Waals surface area (Å²) in [5, 5.41) is 3.50. The standard InChI is InChI=1S/C19H25NO3S/c1-14(18-7-5-6-8-19(18)23-3)13-20-15(2)16-9-11-17(12-10-16)24(4,21)22/h5-12,14-15,20H,13H2,1-4H3/t14-,15-/m1/s1. The van der Waals surface area contributed by atoms with Gasteiger partial charge in [-0.3, -0.25) is 0 Å². The van der Waals surface area contributed by atoms with Gasteiger partial charge in [0.15, 0.2) is 9.84 Å². The number of sulfone groups is 1. The van der Waals surface area contributed by atoms with Crippen molar-refractivity contribution in [1.29, 1.82) is 0 Å². The highest BCUT2D eigenvalue weighted by molar-refractivity contribution is 7.90. The molecular weight excluding hydrogens is 322 g/mol. The maximum Gasteiger partial charge on any atom is 0.175 e. The Labute approximate surface area is 144 Å².